The van der Waals surface area contributed by atoms with Crippen molar-refractivity contribution in [1.29, 1.82) is 0 Å². The highest BCUT2D eigenvalue weighted by atomic mass is 16.6. The number of ether oxygens (including phenoxy) is 2. The van der Waals surface area contributed by atoms with Crippen LogP contribution >= 0.6 is 0 Å². The Labute approximate surface area is 214 Å². The van der Waals surface area contributed by atoms with Crippen molar-refractivity contribution in [1.82, 2.24) is 15.1 Å². The highest BCUT2D eigenvalue weighted by molar-refractivity contribution is 5.96. The first kappa shape index (κ1) is 26.7. The number of hydrogen-bond acceptors (Lipinski definition) is 6. The lowest BCUT2D eigenvalue weighted by Gasteiger charge is -2.58. The molecule has 4 saturated carbocycles. The van der Waals surface area contributed by atoms with Gasteiger partial charge < -0.3 is 19.9 Å². The van der Waals surface area contributed by atoms with Crippen LogP contribution in [0.1, 0.15) is 90.9 Å². The Bertz CT molecular complexity index is 1000. The van der Waals surface area contributed by atoms with E-state index in [1.54, 1.807) is 26.1 Å². The first-order valence-corrected chi connectivity index (χ1v) is 13.3. The van der Waals surface area contributed by atoms with Crippen molar-refractivity contribution in [2.75, 3.05) is 6.61 Å². The molecule has 0 spiro atoms. The lowest BCUT2D eigenvalue weighted by molar-refractivity contribution is -0.162. The Balaban J connectivity index is 1.52. The first-order valence-electron chi connectivity index (χ1n) is 13.3. The predicted octanol–water partition coefficient (Wildman–Crippen LogP) is 4.43. The van der Waals surface area contributed by atoms with E-state index in [0.29, 0.717) is 35.8 Å². The number of aromatic nitrogens is 2. The Morgan fingerprint density at radius 1 is 1.19 bits per heavy atom. The number of rotatable bonds is 8. The molecule has 200 valence electrons. The maximum Gasteiger partial charge on any atom is 0.315 e. The zero-order valence-electron chi connectivity index (χ0n) is 22.8. The van der Waals surface area contributed by atoms with E-state index >= 15 is 0 Å². The number of nitrogens with one attached hydrogen (secondary N) is 1. The fraction of sp³-hybridized carbons (Fsp3) is 0.750. The van der Waals surface area contributed by atoms with Gasteiger partial charge >= 0.3 is 5.97 Å². The Morgan fingerprint density at radius 3 is 2.39 bits per heavy atom. The van der Waals surface area contributed by atoms with E-state index in [9.17, 15) is 14.7 Å². The van der Waals surface area contributed by atoms with Gasteiger partial charge in [-0.15, -0.1) is 0 Å². The van der Waals surface area contributed by atoms with Gasteiger partial charge in [-0.2, -0.15) is 5.10 Å². The first-order chi connectivity index (χ1) is 16.7. The quantitative estimate of drug-likeness (QED) is 0.511. The van der Waals surface area contributed by atoms with Crippen LogP contribution < -0.4 is 10.1 Å². The molecule has 4 aliphatic carbocycles. The van der Waals surface area contributed by atoms with Gasteiger partial charge in [0.1, 0.15) is 11.2 Å². The monoisotopic (exact) mass is 501 g/mol. The maximum absolute atomic E-state index is 13.5. The van der Waals surface area contributed by atoms with Crippen LogP contribution in [0.15, 0.2) is 12.3 Å². The topological polar surface area (TPSA) is 103 Å². The number of nitrogens with zero attached hydrogens (tertiary/aromatic N) is 2. The Morgan fingerprint density at radius 2 is 1.83 bits per heavy atom. The molecule has 1 aromatic rings. The van der Waals surface area contributed by atoms with Gasteiger partial charge in [-0.25, -0.2) is 4.68 Å². The van der Waals surface area contributed by atoms with E-state index in [1.165, 1.54) is 10.9 Å². The Hall–Kier alpha value is -2.35. The molecule has 2 unspecified atom stereocenters. The minimum absolute atomic E-state index is 0.0669. The lowest BCUT2D eigenvalue weighted by atomic mass is 9.52. The molecule has 8 heteroatoms. The minimum Gasteiger partial charge on any atom is -0.477 e. The van der Waals surface area contributed by atoms with Crippen molar-refractivity contribution >= 4 is 18.1 Å². The third-order valence-electron chi connectivity index (χ3n) is 7.64. The maximum atomic E-state index is 13.5. The largest absolute Gasteiger partial charge is 0.477 e. The van der Waals surface area contributed by atoms with Gasteiger partial charge in [0.2, 0.25) is 5.88 Å². The molecule has 36 heavy (non-hydrogen) atoms. The zero-order chi connectivity index (χ0) is 26.5. The molecule has 1 heterocycles. The molecule has 5 rings (SSSR count). The molecule has 0 saturated heterocycles. The molecule has 4 fully saturated rings. The number of hydrogen-bond donors (Lipinski definition) is 2. The van der Waals surface area contributed by atoms with Gasteiger partial charge in [-0.05, 0) is 96.5 Å². The molecule has 0 radical (unpaired) electrons. The average molecular weight is 502 g/mol. The van der Waals surface area contributed by atoms with Crippen LogP contribution in [0.3, 0.4) is 0 Å². The minimum atomic E-state index is -0.891. The number of aliphatic hydroxyl groups is 1. The highest BCUT2D eigenvalue weighted by Gasteiger charge is 2.55. The molecule has 1 aromatic heterocycles. The summed E-state index contributed by atoms with van der Waals surface area (Å²) in [6, 6.07) is 0.0669. The van der Waals surface area contributed by atoms with E-state index in [1.807, 2.05) is 34.6 Å². The van der Waals surface area contributed by atoms with Gasteiger partial charge in [0.25, 0.3) is 5.91 Å². The van der Waals surface area contributed by atoms with E-state index in [4.69, 9.17) is 9.47 Å². The summed E-state index contributed by atoms with van der Waals surface area (Å²) in [7, 11) is 0. The Kier molecular flexibility index (Phi) is 7.05. The van der Waals surface area contributed by atoms with Crippen molar-refractivity contribution in [2.45, 2.75) is 97.8 Å². The molecule has 2 N–H and O–H groups in total. The number of amides is 1. The van der Waals surface area contributed by atoms with Crippen molar-refractivity contribution < 1.29 is 24.2 Å². The summed E-state index contributed by atoms with van der Waals surface area (Å²) in [5, 5.41) is 18.6. The van der Waals surface area contributed by atoms with E-state index < -0.39 is 16.6 Å². The molecule has 4 bridgehead atoms. The third-order valence-corrected chi connectivity index (χ3v) is 7.64. The number of carbonyl (C=O) groups excluding carboxylic acids is 2. The third kappa shape index (κ3) is 5.79. The van der Waals surface area contributed by atoms with Crippen LogP contribution in [0.5, 0.6) is 5.88 Å². The van der Waals surface area contributed by atoms with Gasteiger partial charge in [0, 0.05) is 12.2 Å². The number of esters is 1. The van der Waals surface area contributed by atoms with Crippen LogP contribution in [0.2, 0.25) is 0 Å². The van der Waals surface area contributed by atoms with Crippen LogP contribution in [0.4, 0.5) is 0 Å². The summed E-state index contributed by atoms with van der Waals surface area (Å²) in [6.45, 7) is 13.6. The second-order valence-corrected chi connectivity index (χ2v) is 13.2. The van der Waals surface area contributed by atoms with Crippen molar-refractivity contribution in [3.8, 4) is 5.88 Å². The molecular weight excluding hydrogens is 458 g/mol. The average Bonchev–Trinajstić information content (AvgIpc) is 3.14. The van der Waals surface area contributed by atoms with Crippen molar-refractivity contribution in [3.05, 3.63) is 17.8 Å². The number of carbonyl (C=O) groups is 2. The van der Waals surface area contributed by atoms with E-state index in [-0.39, 0.29) is 23.8 Å². The smallest absolute Gasteiger partial charge is 0.315 e. The zero-order valence-corrected chi connectivity index (χ0v) is 22.8. The highest BCUT2D eigenvalue weighted by Crippen LogP contribution is 2.55. The molecule has 8 nitrogen and oxygen atoms in total. The lowest BCUT2D eigenvalue weighted by Crippen LogP contribution is -2.61. The van der Waals surface area contributed by atoms with Crippen LogP contribution in [-0.2, 0) is 9.53 Å². The summed E-state index contributed by atoms with van der Waals surface area (Å²) in [5.41, 5.74) is -1.64. The standard InChI is InChI=1S/C28H43N3O5/c1-17(2)16-35-24-21(15-29-31(24)9-8-27(6,7)25(33)36-26(3,4)5)23(32)30-22-19-10-18-11-20(22)14-28(34,12-18)13-19/h8-9,15,17-20,22,34H,10-14,16H2,1-7H3,(H,30,32)/b9-8+. The van der Waals surface area contributed by atoms with E-state index in [2.05, 4.69) is 10.4 Å². The van der Waals surface area contributed by atoms with Gasteiger partial charge in [-0.3, -0.25) is 9.59 Å². The molecule has 0 aromatic carbocycles. The molecule has 0 aliphatic heterocycles. The van der Waals surface area contributed by atoms with Crippen LogP contribution in [-0.4, -0.2) is 50.6 Å². The van der Waals surface area contributed by atoms with Gasteiger partial charge in [0.15, 0.2) is 0 Å². The predicted molar refractivity (Wildman–Crippen MR) is 137 cm³/mol. The molecule has 2 atom stereocenters. The van der Waals surface area contributed by atoms with Crippen molar-refractivity contribution in [3.63, 3.8) is 0 Å². The second kappa shape index (κ2) is 9.51. The van der Waals surface area contributed by atoms with Gasteiger partial charge in [-0.1, -0.05) is 13.8 Å². The molecular formula is C28H43N3O5. The summed E-state index contributed by atoms with van der Waals surface area (Å²) < 4.78 is 13.1. The second-order valence-electron chi connectivity index (χ2n) is 13.2. The van der Waals surface area contributed by atoms with Crippen molar-refractivity contribution in [2.24, 2.45) is 29.1 Å². The molecule has 1 amide bonds. The summed E-state index contributed by atoms with van der Waals surface area (Å²) >= 11 is 0. The van der Waals surface area contributed by atoms with Gasteiger partial charge in [0.05, 0.1) is 23.8 Å². The fourth-order valence-corrected chi connectivity index (χ4v) is 6.18. The van der Waals surface area contributed by atoms with Crippen LogP contribution in [0, 0.1) is 29.1 Å². The van der Waals surface area contributed by atoms with E-state index in [0.717, 1.165) is 32.1 Å². The summed E-state index contributed by atoms with van der Waals surface area (Å²) in [5.74, 6) is 1.28. The SMILES string of the molecule is CC(C)COc1c(C(=O)NC2C3CC4CC2CC(O)(C4)C3)cnn1/C=C/C(C)(C)C(=O)OC(C)(C)C. The summed E-state index contributed by atoms with van der Waals surface area (Å²) in [6.07, 6.45) is 9.49. The van der Waals surface area contributed by atoms with Crippen LogP contribution in [0.25, 0.3) is 6.20 Å². The normalized spacial score (nSPS) is 29.7. The fourth-order valence-electron chi connectivity index (χ4n) is 6.18. The summed E-state index contributed by atoms with van der Waals surface area (Å²) in [4.78, 5) is 26.1. The molecule has 4 aliphatic rings.